The number of hydrogen-bond acceptors (Lipinski definition) is 1. The molecule has 0 aromatic heterocycles. The maximum atomic E-state index is 12.4. The van der Waals surface area contributed by atoms with Gasteiger partial charge in [-0.1, -0.05) is 94.1 Å². The van der Waals surface area contributed by atoms with E-state index in [9.17, 15) is 4.79 Å². The lowest BCUT2D eigenvalue weighted by molar-refractivity contribution is 0.103. The van der Waals surface area contributed by atoms with Crippen LogP contribution in [0, 0.1) is 0 Å². The maximum Gasteiger partial charge on any atom is 0.193 e. The van der Waals surface area contributed by atoms with Crippen molar-refractivity contribution in [1.29, 1.82) is 0 Å². The number of carbonyl (C=O) groups is 1. The van der Waals surface area contributed by atoms with Crippen molar-refractivity contribution in [2.75, 3.05) is 0 Å². The van der Waals surface area contributed by atoms with E-state index in [-0.39, 0.29) is 5.78 Å². The Labute approximate surface area is 134 Å². The first kappa shape index (κ1) is 16.5. The second-order valence-corrected chi connectivity index (χ2v) is 6.07. The summed E-state index contributed by atoms with van der Waals surface area (Å²) in [5, 5.41) is 0. The zero-order chi connectivity index (χ0) is 15.8. The van der Waals surface area contributed by atoms with E-state index in [1.807, 2.05) is 42.5 Å². The SMILES string of the molecule is CCCCCCC(C)c1ccc(C(=O)c2ccccc2)cc1. The van der Waals surface area contributed by atoms with Crippen LogP contribution in [-0.4, -0.2) is 5.78 Å². The Hall–Kier alpha value is -1.89. The topological polar surface area (TPSA) is 17.1 Å². The number of ketones is 1. The predicted molar refractivity (Wildman–Crippen MR) is 93.5 cm³/mol. The Morgan fingerprint density at radius 3 is 2.14 bits per heavy atom. The van der Waals surface area contributed by atoms with Gasteiger partial charge in [0.2, 0.25) is 0 Å². The number of carbonyl (C=O) groups excluding carboxylic acids is 1. The fraction of sp³-hybridized carbons (Fsp3) is 0.381. The highest BCUT2D eigenvalue weighted by atomic mass is 16.1. The van der Waals surface area contributed by atoms with Crippen molar-refractivity contribution in [1.82, 2.24) is 0 Å². The van der Waals surface area contributed by atoms with Crippen molar-refractivity contribution in [3.05, 3.63) is 71.3 Å². The molecular weight excluding hydrogens is 268 g/mol. The minimum absolute atomic E-state index is 0.0998. The molecule has 0 aliphatic carbocycles. The second kappa shape index (κ2) is 8.53. The van der Waals surface area contributed by atoms with Gasteiger partial charge in [-0.2, -0.15) is 0 Å². The van der Waals surface area contributed by atoms with Crippen molar-refractivity contribution in [3.8, 4) is 0 Å². The number of rotatable bonds is 8. The van der Waals surface area contributed by atoms with E-state index in [1.54, 1.807) is 0 Å². The lowest BCUT2D eigenvalue weighted by Crippen LogP contribution is -2.02. The third kappa shape index (κ3) is 4.56. The predicted octanol–water partition coefficient (Wildman–Crippen LogP) is 5.99. The molecule has 0 N–H and O–H groups in total. The summed E-state index contributed by atoms with van der Waals surface area (Å²) in [5.41, 5.74) is 2.86. The van der Waals surface area contributed by atoms with Gasteiger partial charge in [0.25, 0.3) is 0 Å². The Morgan fingerprint density at radius 1 is 0.864 bits per heavy atom. The van der Waals surface area contributed by atoms with E-state index in [0.717, 1.165) is 11.1 Å². The number of benzene rings is 2. The van der Waals surface area contributed by atoms with Gasteiger partial charge in [0, 0.05) is 11.1 Å². The van der Waals surface area contributed by atoms with Gasteiger partial charge < -0.3 is 0 Å². The Morgan fingerprint density at radius 2 is 1.50 bits per heavy atom. The smallest absolute Gasteiger partial charge is 0.193 e. The van der Waals surface area contributed by atoms with Crippen LogP contribution in [0.4, 0.5) is 0 Å². The minimum atomic E-state index is 0.0998. The molecule has 2 rings (SSSR count). The molecule has 0 amide bonds. The first-order valence-electron chi connectivity index (χ1n) is 8.42. The van der Waals surface area contributed by atoms with Crippen molar-refractivity contribution in [3.63, 3.8) is 0 Å². The average Bonchev–Trinajstić information content (AvgIpc) is 2.59. The standard InChI is InChI=1S/C21H26O/c1-3-4-5-7-10-17(2)18-13-15-20(16-14-18)21(22)19-11-8-6-9-12-19/h6,8-9,11-17H,3-5,7,10H2,1-2H3. The summed E-state index contributed by atoms with van der Waals surface area (Å²) < 4.78 is 0. The third-order valence-corrected chi connectivity index (χ3v) is 4.27. The highest BCUT2D eigenvalue weighted by Gasteiger charge is 2.10. The quantitative estimate of drug-likeness (QED) is 0.431. The largest absolute Gasteiger partial charge is 0.289 e. The van der Waals surface area contributed by atoms with Gasteiger partial charge in [-0.15, -0.1) is 0 Å². The average molecular weight is 294 g/mol. The molecule has 1 heteroatoms. The zero-order valence-corrected chi connectivity index (χ0v) is 13.7. The molecule has 2 aromatic rings. The zero-order valence-electron chi connectivity index (χ0n) is 13.7. The van der Waals surface area contributed by atoms with Crippen LogP contribution in [-0.2, 0) is 0 Å². The van der Waals surface area contributed by atoms with Gasteiger partial charge >= 0.3 is 0 Å². The molecule has 1 unspecified atom stereocenters. The molecule has 22 heavy (non-hydrogen) atoms. The molecule has 0 heterocycles. The van der Waals surface area contributed by atoms with E-state index < -0.39 is 0 Å². The molecule has 2 aromatic carbocycles. The molecule has 0 radical (unpaired) electrons. The summed E-state index contributed by atoms with van der Waals surface area (Å²) >= 11 is 0. The Balaban J connectivity index is 1.96. The van der Waals surface area contributed by atoms with Crippen LogP contribution in [0.25, 0.3) is 0 Å². The fourth-order valence-corrected chi connectivity index (χ4v) is 2.76. The lowest BCUT2D eigenvalue weighted by Gasteiger charge is -2.12. The molecule has 0 aliphatic rings. The summed E-state index contributed by atoms with van der Waals surface area (Å²) in [6.07, 6.45) is 6.46. The van der Waals surface area contributed by atoms with Gasteiger partial charge in [-0.05, 0) is 17.9 Å². The van der Waals surface area contributed by atoms with Gasteiger partial charge in [-0.3, -0.25) is 4.79 Å². The summed E-state index contributed by atoms with van der Waals surface area (Å²) in [5.74, 6) is 0.667. The molecule has 1 nitrogen and oxygen atoms in total. The van der Waals surface area contributed by atoms with E-state index in [4.69, 9.17) is 0 Å². The molecule has 0 fully saturated rings. The summed E-state index contributed by atoms with van der Waals surface area (Å²) in [4.78, 5) is 12.4. The summed E-state index contributed by atoms with van der Waals surface area (Å²) in [6, 6.07) is 17.6. The third-order valence-electron chi connectivity index (χ3n) is 4.27. The van der Waals surface area contributed by atoms with Gasteiger partial charge in [0.1, 0.15) is 0 Å². The highest BCUT2D eigenvalue weighted by Crippen LogP contribution is 2.23. The van der Waals surface area contributed by atoms with Gasteiger partial charge in [-0.25, -0.2) is 0 Å². The van der Waals surface area contributed by atoms with Crippen LogP contribution in [0.15, 0.2) is 54.6 Å². The van der Waals surface area contributed by atoms with E-state index in [2.05, 4.69) is 26.0 Å². The van der Waals surface area contributed by atoms with Crippen LogP contribution < -0.4 is 0 Å². The molecule has 0 aliphatic heterocycles. The number of hydrogen-bond donors (Lipinski definition) is 0. The molecule has 0 saturated carbocycles. The lowest BCUT2D eigenvalue weighted by atomic mass is 9.93. The minimum Gasteiger partial charge on any atom is -0.289 e. The molecule has 0 bridgehead atoms. The molecule has 0 spiro atoms. The second-order valence-electron chi connectivity index (χ2n) is 6.07. The van der Waals surface area contributed by atoms with Crippen LogP contribution in [0.3, 0.4) is 0 Å². The first-order chi connectivity index (χ1) is 10.7. The monoisotopic (exact) mass is 294 g/mol. The normalized spacial score (nSPS) is 12.1. The van der Waals surface area contributed by atoms with Crippen LogP contribution >= 0.6 is 0 Å². The van der Waals surface area contributed by atoms with Crippen molar-refractivity contribution >= 4 is 5.78 Å². The van der Waals surface area contributed by atoms with Crippen LogP contribution in [0.1, 0.15) is 73.4 Å². The van der Waals surface area contributed by atoms with Gasteiger partial charge in [0.05, 0.1) is 0 Å². The number of unbranched alkanes of at least 4 members (excludes halogenated alkanes) is 3. The summed E-state index contributed by atoms with van der Waals surface area (Å²) in [6.45, 7) is 4.52. The Kier molecular flexibility index (Phi) is 6.39. The summed E-state index contributed by atoms with van der Waals surface area (Å²) in [7, 11) is 0. The fourth-order valence-electron chi connectivity index (χ4n) is 2.76. The van der Waals surface area contributed by atoms with E-state index >= 15 is 0 Å². The maximum absolute atomic E-state index is 12.4. The van der Waals surface area contributed by atoms with Crippen LogP contribution in [0.5, 0.6) is 0 Å². The molecule has 1 atom stereocenters. The van der Waals surface area contributed by atoms with E-state index in [0.29, 0.717) is 5.92 Å². The first-order valence-corrected chi connectivity index (χ1v) is 8.42. The van der Waals surface area contributed by atoms with Crippen LogP contribution in [0.2, 0.25) is 0 Å². The van der Waals surface area contributed by atoms with Gasteiger partial charge in [0.15, 0.2) is 5.78 Å². The molecular formula is C21H26O. The van der Waals surface area contributed by atoms with Crippen molar-refractivity contribution in [2.24, 2.45) is 0 Å². The molecule has 0 saturated heterocycles. The Bertz CT molecular complexity index is 569. The van der Waals surface area contributed by atoms with E-state index in [1.165, 1.54) is 37.7 Å². The highest BCUT2D eigenvalue weighted by molar-refractivity contribution is 6.08. The molecule has 116 valence electrons. The van der Waals surface area contributed by atoms with Crippen molar-refractivity contribution in [2.45, 2.75) is 51.9 Å². The van der Waals surface area contributed by atoms with Crippen molar-refractivity contribution < 1.29 is 4.79 Å².